The van der Waals surface area contributed by atoms with Crippen molar-refractivity contribution in [3.8, 4) is 50.7 Å². The highest BCUT2D eigenvalue weighted by atomic mass is 79.9. The molecule has 0 aliphatic carbocycles. The van der Waals surface area contributed by atoms with Crippen LogP contribution in [0.4, 0.5) is 0 Å². The summed E-state index contributed by atoms with van der Waals surface area (Å²) < 4.78 is 8.22. The molecule has 0 saturated carbocycles. The van der Waals surface area contributed by atoms with E-state index in [1.54, 1.807) is 0 Å². The Morgan fingerprint density at radius 1 is 0.239 bits per heavy atom. The van der Waals surface area contributed by atoms with Gasteiger partial charge in [-0.2, -0.15) is 0 Å². The monoisotopic (exact) mass is 1490 g/mol. The number of benzene rings is 18. The Labute approximate surface area is 640 Å². The molecule has 0 aliphatic rings. The molecule has 18 aromatic carbocycles. The largest absolute Gasteiger partial charge is 0.353 e. The van der Waals surface area contributed by atoms with Gasteiger partial charge in [-0.1, -0.05) is 328 Å². The van der Waals surface area contributed by atoms with Gasteiger partial charge < -0.3 is 4.98 Å². The van der Waals surface area contributed by atoms with E-state index < -0.39 is 0 Å². The van der Waals surface area contributed by atoms with Crippen LogP contribution in [0.1, 0.15) is 0 Å². The maximum Gasteiger partial charge on any atom is 0.235 e. The summed E-state index contributed by atoms with van der Waals surface area (Å²) in [4.78, 5) is 24.4. The highest BCUT2D eigenvalue weighted by Crippen LogP contribution is 2.51. The first kappa shape index (κ1) is 63.0. The maximum absolute atomic E-state index is 5.63. The first-order valence-electron chi connectivity index (χ1n) is 36.7. The molecule has 0 saturated heterocycles. The zero-order valence-electron chi connectivity index (χ0n) is 58.4. The van der Waals surface area contributed by atoms with Gasteiger partial charge in [0.1, 0.15) is 0 Å². The minimum absolute atomic E-state index is 0.605. The fourth-order valence-corrected chi connectivity index (χ4v) is 19.9. The number of hydrogen-bond acceptors (Lipinski definition) is 6. The lowest BCUT2D eigenvalue weighted by molar-refractivity contribution is 1.02. The second-order valence-electron chi connectivity index (χ2n) is 28.0. The number of fused-ring (bicyclic) bond motifs is 30. The molecule has 109 heavy (non-hydrogen) atoms. The molecule has 0 aliphatic heterocycles. The van der Waals surface area contributed by atoms with Gasteiger partial charge in [0.2, 0.25) is 5.95 Å². The van der Waals surface area contributed by atoms with Crippen LogP contribution in [0.5, 0.6) is 0 Å². The highest BCUT2D eigenvalue weighted by molar-refractivity contribution is 9.10. The zero-order chi connectivity index (χ0) is 71.8. The maximum atomic E-state index is 5.63. The Morgan fingerprint density at radius 3 is 1.17 bits per heavy atom. The zero-order valence-corrected chi connectivity index (χ0v) is 61.6. The number of hydrogen-bond donors (Lipinski definition) is 1. The molecule has 24 aromatic rings. The molecule has 6 nitrogen and oxygen atoms in total. The molecule has 0 unspecified atom stereocenters. The third-order valence-electron chi connectivity index (χ3n) is 22.0. The Bertz CT molecular complexity index is 7860. The molecule has 0 amide bonds. The number of aromatic nitrogens is 6. The molecule has 1 N–H and O–H groups in total. The van der Waals surface area contributed by atoms with E-state index in [1.165, 1.54) is 144 Å². The normalized spacial score (nSPS) is 11.9. The van der Waals surface area contributed by atoms with E-state index in [0.29, 0.717) is 10.7 Å². The van der Waals surface area contributed by atoms with Gasteiger partial charge >= 0.3 is 0 Å². The number of halogens is 1. The number of nitrogens with zero attached hydrogens (tertiary/aromatic N) is 5. The van der Waals surface area contributed by atoms with Crippen LogP contribution in [0.15, 0.2) is 357 Å². The quantitative estimate of drug-likeness (QED) is 0.138. The Morgan fingerprint density at radius 2 is 0.615 bits per heavy atom. The molecule has 0 fully saturated rings. The summed E-state index contributed by atoms with van der Waals surface area (Å²) in [6.07, 6.45) is 0. The van der Waals surface area contributed by atoms with Crippen LogP contribution in [0.25, 0.3) is 221 Å². The lowest BCUT2D eigenvalue weighted by Crippen LogP contribution is -2.04. The van der Waals surface area contributed by atoms with E-state index in [0.717, 1.165) is 71.5 Å². The number of rotatable bonds is 5. The summed E-state index contributed by atoms with van der Waals surface area (Å²) in [5.41, 5.74) is 15.5. The summed E-state index contributed by atoms with van der Waals surface area (Å²) in [5.74, 6) is 0.673. The molecular weight excluding hydrogens is 1430 g/mol. The third-order valence-corrected chi connectivity index (χ3v) is 24.7. The van der Waals surface area contributed by atoms with E-state index in [4.69, 9.17) is 9.97 Å². The van der Waals surface area contributed by atoms with E-state index in [9.17, 15) is 0 Å². The third kappa shape index (κ3) is 10.2. The second kappa shape index (κ2) is 25.5. The number of nitrogens with one attached hydrogen (secondary N) is 1. The van der Waals surface area contributed by atoms with E-state index in [2.05, 4.69) is 369 Å². The highest BCUT2D eigenvalue weighted by Gasteiger charge is 2.27. The predicted molar refractivity (Wildman–Crippen MR) is 469 cm³/mol. The Balaban J connectivity index is 0.000000112. The standard InChI is InChI=1S/C50H29N3S.C26H15NS.C24H15BrN2/c1-2-12-30(13-3-1)31-22-24-34(25-23-31)45-41-29-27-32-14-4-6-16-35(32)46(41)52-50(51-45)53-47-36-17-7-5-15-33(36)26-28-40(47)43-37-18-8-9-19-38(37)44-39-20-10-11-21-42(39)54-49(44)48(43)53;1-2-8-16-15(7-1)13-14-20-22-17-9-3-4-10-18(17)23-19-11-5-6-12-21(19)28-26(23)25(22)27-24(16)20;25-24-26-22(19-12-10-17(11-13-19)16-6-2-1-3-7-16)21-15-14-18-8-4-5-9-20(18)23(21)27-24/h1-29H;1-14,27H;1-15H. The van der Waals surface area contributed by atoms with Crippen LogP contribution in [0.2, 0.25) is 0 Å². The van der Waals surface area contributed by atoms with Gasteiger partial charge in [-0.05, 0) is 106 Å². The molecule has 0 atom stereocenters. The minimum atomic E-state index is 0.605. The summed E-state index contributed by atoms with van der Waals surface area (Å²) in [6.45, 7) is 0. The summed E-state index contributed by atoms with van der Waals surface area (Å²) in [6, 6.07) is 126. The average molecular weight is 1490 g/mol. The molecule has 6 heterocycles. The van der Waals surface area contributed by atoms with Crippen molar-refractivity contribution in [2.45, 2.75) is 0 Å². The first-order chi connectivity index (χ1) is 54.0. The molecule has 508 valence electrons. The second-order valence-corrected chi connectivity index (χ2v) is 30.8. The minimum Gasteiger partial charge on any atom is -0.353 e. The van der Waals surface area contributed by atoms with Crippen molar-refractivity contribution in [3.05, 3.63) is 357 Å². The Hall–Kier alpha value is -13.3. The fourth-order valence-electron chi connectivity index (χ4n) is 17.1. The average Bonchev–Trinajstić information content (AvgIpc) is 1.52. The molecule has 0 spiro atoms. The SMILES string of the molecule is Brc1nc(-c2ccc(-c3ccccc3)cc2)c2ccc3ccccc3c2n1.c1ccc(-c2ccc(-c3nc(-n4c5c6ccccc6ccc5c5c6ccccc6c6c7ccccc7sc6c54)nc4c3ccc3ccccc34)cc2)cc1.c1ccc2c(c1)ccc1c2[nH]c2c3sc4ccccc4c3c3ccccc3c12. The van der Waals surface area contributed by atoms with Gasteiger partial charge in [-0.25, -0.2) is 19.9 Å². The van der Waals surface area contributed by atoms with Crippen molar-refractivity contribution in [3.63, 3.8) is 0 Å². The van der Waals surface area contributed by atoms with Crippen LogP contribution in [0, 0.1) is 0 Å². The first-order valence-corrected chi connectivity index (χ1v) is 39.1. The number of aromatic amines is 1. The van der Waals surface area contributed by atoms with E-state index in [1.807, 2.05) is 40.9 Å². The van der Waals surface area contributed by atoms with Gasteiger partial charge in [0.15, 0.2) is 4.73 Å². The smallest absolute Gasteiger partial charge is 0.235 e. The molecule has 24 rings (SSSR count). The van der Waals surface area contributed by atoms with Crippen molar-refractivity contribution in [2.24, 2.45) is 0 Å². The molecule has 9 heteroatoms. The van der Waals surface area contributed by atoms with E-state index in [-0.39, 0.29) is 0 Å². The fraction of sp³-hybridized carbons (Fsp3) is 0. The van der Waals surface area contributed by atoms with Gasteiger partial charge in [0, 0.05) is 95.9 Å². The predicted octanol–water partition coefficient (Wildman–Crippen LogP) is 28.8. The molecule has 0 radical (unpaired) electrons. The molecule has 6 aromatic heterocycles. The van der Waals surface area contributed by atoms with Crippen LogP contribution < -0.4 is 0 Å². The van der Waals surface area contributed by atoms with Crippen molar-refractivity contribution in [2.75, 3.05) is 0 Å². The van der Waals surface area contributed by atoms with Gasteiger partial charge in [-0.3, -0.25) is 4.57 Å². The lowest BCUT2D eigenvalue weighted by atomic mass is 9.98. The topological polar surface area (TPSA) is 72.3 Å². The van der Waals surface area contributed by atoms with Crippen molar-refractivity contribution < 1.29 is 0 Å². The Kier molecular flexibility index (Phi) is 14.7. The molecule has 0 bridgehead atoms. The van der Waals surface area contributed by atoms with Gasteiger partial charge in [0.25, 0.3) is 0 Å². The van der Waals surface area contributed by atoms with Crippen molar-refractivity contribution in [1.29, 1.82) is 0 Å². The number of H-pyrrole nitrogens is 1. The number of thiophene rings is 2. The van der Waals surface area contributed by atoms with Crippen molar-refractivity contribution in [1.82, 2.24) is 29.5 Å². The van der Waals surface area contributed by atoms with Gasteiger partial charge in [0.05, 0.1) is 53.9 Å². The summed E-state index contributed by atoms with van der Waals surface area (Å²) >= 11 is 7.26. The lowest BCUT2D eigenvalue weighted by Gasteiger charge is -2.15. The molecular formula is C100H59BrN6S2. The van der Waals surface area contributed by atoms with Crippen LogP contribution in [-0.2, 0) is 0 Å². The van der Waals surface area contributed by atoms with Crippen LogP contribution in [-0.4, -0.2) is 29.5 Å². The van der Waals surface area contributed by atoms with Crippen LogP contribution >= 0.6 is 38.6 Å². The summed E-state index contributed by atoms with van der Waals surface area (Å²) in [5, 5.41) is 27.2. The van der Waals surface area contributed by atoms with Gasteiger partial charge in [-0.15, -0.1) is 22.7 Å². The van der Waals surface area contributed by atoms with Crippen LogP contribution in [0.3, 0.4) is 0 Å². The van der Waals surface area contributed by atoms with E-state index >= 15 is 0 Å². The summed E-state index contributed by atoms with van der Waals surface area (Å²) in [7, 11) is 0. The van der Waals surface area contributed by atoms with Crippen molar-refractivity contribution >= 4 is 209 Å².